The second kappa shape index (κ2) is 10.3. The Hall–Kier alpha value is -4.29. The van der Waals surface area contributed by atoms with Gasteiger partial charge in [-0.3, -0.25) is 4.79 Å². The minimum atomic E-state index is -0.235. The fourth-order valence-corrected chi connectivity index (χ4v) is 4.25. The molecule has 1 aliphatic rings. The summed E-state index contributed by atoms with van der Waals surface area (Å²) in [5, 5.41) is 3.57. The molecule has 2 aromatic heterocycles. The zero-order valence-corrected chi connectivity index (χ0v) is 19.3. The van der Waals surface area contributed by atoms with Crippen molar-refractivity contribution in [2.24, 2.45) is 0 Å². The third-order valence-corrected chi connectivity index (χ3v) is 6.12. The molecule has 0 amide bonds. The first-order valence-corrected chi connectivity index (χ1v) is 11.7. The Morgan fingerprint density at radius 3 is 2.49 bits per heavy atom. The first-order chi connectivity index (χ1) is 17.2. The van der Waals surface area contributed by atoms with Crippen LogP contribution in [0.3, 0.4) is 0 Å². The molecule has 0 spiro atoms. The van der Waals surface area contributed by atoms with Crippen LogP contribution in [0.4, 0.5) is 11.6 Å². The Labute approximate surface area is 205 Å². The van der Waals surface area contributed by atoms with Gasteiger partial charge in [0, 0.05) is 31.9 Å². The number of rotatable bonds is 6. The summed E-state index contributed by atoms with van der Waals surface area (Å²) in [5.74, 6) is 0.747. The third kappa shape index (κ3) is 5.28. The number of carbonyl (C=O) groups excluding carboxylic acids is 1. The molecule has 1 unspecified atom stereocenters. The minimum Gasteiger partial charge on any atom is -0.383 e. The average Bonchev–Trinajstić information content (AvgIpc) is 2.93. The Balaban J connectivity index is 1.36. The molecule has 2 aromatic carbocycles. The van der Waals surface area contributed by atoms with Crippen LogP contribution in [0, 0.1) is 0 Å². The molecule has 1 fully saturated rings. The van der Waals surface area contributed by atoms with Gasteiger partial charge in [0.15, 0.2) is 0 Å². The fourth-order valence-electron chi connectivity index (χ4n) is 4.25. The standard InChI is InChI=1S/C29H27N5O/c30-29-24(18-22(19-32-29)15-14-21-8-3-1-4-9-21)28(35)25-12-7-13-27(33-25)34-17-16-31-26(20-34)23-10-5-2-6-11-23/h1-15,18-19,26,31H,16-17,20H2,(H2,30,32)/b15-14+. The molecule has 6 heteroatoms. The molecule has 1 atom stereocenters. The monoisotopic (exact) mass is 461 g/mol. The molecule has 0 radical (unpaired) electrons. The summed E-state index contributed by atoms with van der Waals surface area (Å²) in [6, 6.07) is 27.9. The number of hydrogen-bond donors (Lipinski definition) is 2. The number of carbonyl (C=O) groups is 1. The number of anilines is 2. The Morgan fingerprint density at radius 2 is 1.69 bits per heavy atom. The van der Waals surface area contributed by atoms with E-state index in [1.807, 2.05) is 60.7 Å². The highest BCUT2D eigenvalue weighted by Crippen LogP contribution is 2.23. The summed E-state index contributed by atoms with van der Waals surface area (Å²) >= 11 is 0. The number of nitrogens with two attached hydrogens (primary N) is 1. The van der Waals surface area contributed by atoms with E-state index >= 15 is 0 Å². The van der Waals surface area contributed by atoms with Gasteiger partial charge < -0.3 is 16.0 Å². The van der Waals surface area contributed by atoms with Crippen LogP contribution in [0.5, 0.6) is 0 Å². The molecule has 1 aliphatic heterocycles. The molecule has 4 aromatic rings. The van der Waals surface area contributed by atoms with E-state index in [9.17, 15) is 4.79 Å². The van der Waals surface area contributed by atoms with Crippen LogP contribution in [0.15, 0.2) is 91.1 Å². The molecular weight excluding hydrogens is 434 g/mol. The van der Waals surface area contributed by atoms with E-state index in [0.29, 0.717) is 11.3 Å². The molecule has 5 rings (SSSR count). The molecule has 0 saturated carbocycles. The zero-order chi connectivity index (χ0) is 24.0. The highest BCUT2D eigenvalue weighted by atomic mass is 16.1. The summed E-state index contributed by atoms with van der Waals surface area (Å²) in [4.78, 5) is 24.6. The van der Waals surface area contributed by atoms with E-state index in [4.69, 9.17) is 10.7 Å². The smallest absolute Gasteiger partial charge is 0.215 e. The van der Waals surface area contributed by atoms with Gasteiger partial charge in [0.25, 0.3) is 0 Å². The molecule has 0 aliphatic carbocycles. The zero-order valence-electron chi connectivity index (χ0n) is 19.3. The molecule has 174 valence electrons. The van der Waals surface area contributed by atoms with Gasteiger partial charge in [-0.1, -0.05) is 78.9 Å². The number of hydrogen-bond acceptors (Lipinski definition) is 6. The van der Waals surface area contributed by atoms with Crippen molar-refractivity contribution in [3.8, 4) is 0 Å². The maximum atomic E-state index is 13.4. The normalized spacial score (nSPS) is 15.9. The number of pyridine rings is 2. The van der Waals surface area contributed by atoms with Gasteiger partial charge in [-0.2, -0.15) is 0 Å². The van der Waals surface area contributed by atoms with E-state index in [-0.39, 0.29) is 17.6 Å². The Morgan fingerprint density at radius 1 is 0.943 bits per heavy atom. The minimum absolute atomic E-state index is 0.199. The van der Waals surface area contributed by atoms with Crippen molar-refractivity contribution in [2.45, 2.75) is 6.04 Å². The summed E-state index contributed by atoms with van der Waals surface area (Å²) in [7, 11) is 0. The predicted octanol–water partition coefficient (Wildman–Crippen LogP) is 4.61. The van der Waals surface area contributed by atoms with Crippen LogP contribution in [-0.2, 0) is 0 Å². The van der Waals surface area contributed by atoms with Gasteiger partial charge in [-0.05, 0) is 34.9 Å². The second-order valence-corrected chi connectivity index (χ2v) is 8.52. The van der Waals surface area contributed by atoms with Crippen molar-refractivity contribution in [3.05, 3.63) is 119 Å². The molecule has 0 bridgehead atoms. The van der Waals surface area contributed by atoms with Crippen molar-refractivity contribution in [2.75, 3.05) is 30.3 Å². The number of nitrogen functional groups attached to an aromatic ring is 1. The van der Waals surface area contributed by atoms with Gasteiger partial charge in [0.05, 0.1) is 5.56 Å². The maximum Gasteiger partial charge on any atom is 0.215 e. The highest BCUT2D eigenvalue weighted by molar-refractivity contribution is 6.11. The molecule has 35 heavy (non-hydrogen) atoms. The van der Waals surface area contributed by atoms with Crippen LogP contribution in [0.25, 0.3) is 12.2 Å². The van der Waals surface area contributed by atoms with Crippen molar-refractivity contribution < 1.29 is 4.79 Å². The lowest BCUT2D eigenvalue weighted by molar-refractivity contribution is 0.103. The van der Waals surface area contributed by atoms with E-state index < -0.39 is 0 Å². The van der Waals surface area contributed by atoms with E-state index in [1.165, 1.54) is 5.56 Å². The van der Waals surface area contributed by atoms with Crippen molar-refractivity contribution in [1.82, 2.24) is 15.3 Å². The third-order valence-electron chi connectivity index (χ3n) is 6.12. The Kier molecular flexibility index (Phi) is 6.63. The fraction of sp³-hybridized carbons (Fsp3) is 0.138. The van der Waals surface area contributed by atoms with Crippen LogP contribution in [-0.4, -0.2) is 35.4 Å². The van der Waals surface area contributed by atoms with Crippen LogP contribution in [0.1, 0.15) is 38.8 Å². The van der Waals surface area contributed by atoms with Gasteiger partial charge in [-0.15, -0.1) is 0 Å². The van der Waals surface area contributed by atoms with Crippen molar-refractivity contribution in [3.63, 3.8) is 0 Å². The summed E-state index contributed by atoms with van der Waals surface area (Å²) in [6.07, 6.45) is 5.57. The van der Waals surface area contributed by atoms with Crippen LogP contribution in [0.2, 0.25) is 0 Å². The van der Waals surface area contributed by atoms with Crippen LogP contribution < -0.4 is 16.0 Å². The van der Waals surface area contributed by atoms with Gasteiger partial charge >= 0.3 is 0 Å². The lowest BCUT2D eigenvalue weighted by atomic mass is 10.0. The first-order valence-electron chi connectivity index (χ1n) is 11.7. The van der Waals surface area contributed by atoms with Gasteiger partial charge in [0.1, 0.15) is 17.3 Å². The summed E-state index contributed by atoms with van der Waals surface area (Å²) in [6.45, 7) is 2.43. The molecule has 1 saturated heterocycles. The van der Waals surface area contributed by atoms with E-state index in [1.54, 1.807) is 18.3 Å². The van der Waals surface area contributed by atoms with Gasteiger partial charge in [0.2, 0.25) is 5.78 Å². The second-order valence-electron chi connectivity index (χ2n) is 8.52. The van der Waals surface area contributed by atoms with Crippen molar-refractivity contribution >= 4 is 29.6 Å². The number of nitrogens with zero attached hydrogens (tertiary/aromatic N) is 3. The Bertz CT molecular complexity index is 1340. The number of piperazine rings is 1. The molecular formula is C29H27N5O. The number of ketones is 1. The number of nitrogens with one attached hydrogen (secondary N) is 1. The SMILES string of the molecule is Nc1ncc(/C=C/c2ccccc2)cc1C(=O)c1cccc(N2CCNC(c3ccccc3)C2)n1. The lowest BCUT2D eigenvalue weighted by Gasteiger charge is -2.35. The largest absolute Gasteiger partial charge is 0.383 e. The topological polar surface area (TPSA) is 84.1 Å². The maximum absolute atomic E-state index is 13.4. The van der Waals surface area contributed by atoms with Crippen LogP contribution >= 0.6 is 0 Å². The quantitative estimate of drug-likeness (QED) is 0.408. The average molecular weight is 462 g/mol. The predicted molar refractivity (Wildman–Crippen MR) is 141 cm³/mol. The first kappa shape index (κ1) is 22.5. The van der Waals surface area contributed by atoms with E-state index in [2.05, 4.69) is 39.5 Å². The number of benzene rings is 2. The highest BCUT2D eigenvalue weighted by Gasteiger charge is 2.23. The van der Waals surface area contributed by atoms with Gasteiger partial charge in [-0.25, -0.2) is 9.97 Å². The van der Waals surface area contributed by atoms with Crippen molar-refractivity contribution in [1.29, 1.82) is 0 Å². The van der Waals surface area contributed by atoms with E-state index in [0.717, 1.165) is 36.6 Å². The number of aromatic nitrogens is 2. The summed E-state index contributed by atoms with van der Waals surface area (Å²) in [5.41, 5.74) is 9.91. The molecule has 3 N–H and O–H groups in total. The molecule has 3 heterocycles. The molecule has 6 nitrogen and oxygen atoms in total. The summed E-state index contributed by atoms with van der Waals surface area (Å²) < 4.78 is 0. The lowest BCUT2D eigenvalue weighted by Crippen LogP contribution is -2.46.